The highest BCUT2D eigenvalue weighted by Gasteiger charge is 2.36. The summed E-state index contributed by atoms with van der Waals surface area (Å²) in [5.74, 6) is -0.423. The van der Waals surface area contributed by atoms with E-state index in [0.717, 1.165) is 43.4 Å². The quantitative estimate of drug-likeness (QED) is 0.136. The summed E-state index contributed by atoms with van der Waals surface area (Å²) in [6.45, 7) is 7.69. The molecular formula is C37H45F3N2O5. The summed E-state index contributed by atoms with van der Waals surface area (Å²) in [6, 6.07) is 16.6. The Labute approximate surface area is 275 Å². The second kappa shape index (κ2) is 15.7. The number of carbonyl (C=O) groups is 2. The first-order valence-corrected chi connectivity index (χ1v) is 16.1. The molecule has 1 saturated heterocycles. The van der Waals surface area contributed by atoms with E-state index in [1.807, 2.05) is 14.1 Å². The highest BCUT2D eigenvalue weighted by Crippen LogP contribution is 2.42. The molecule has 254 valence electrons. The van der Waals surface area contributed by atoms with Gasteiger partial charge < -0.3 is 24.0 Å². The minimum absolute atomic E-state index is 0.00773. The molecule has 0 amide bonds. The zero-order valence-corrected chi connectivity index (χ0v) is 27.9. The third-order valence-corrected chi connectivity index (χ3v) is 7.91. The number of carbonyl (C=O) groups excluding carboxylic acids is 2. The van der Waals surface area contributed by atoms with E-state index in [0.29, 0.717) is 42.1 Å². The minimum atomic E-state index is -4.55. The van der Waals surface area contributed by atoms with Crippen molar-refractivity contribution in [3.8, 4) is 28.0 Å². The van der Waals surface area contributed by atoms with Crippen LogP contribution in [0.5, 0.6) is 5.75 Å². The molecule has 4 rings (SSSR count). The van der Waals surface area contributed by atoms with Crippen molar-refractivity contribution in [3.05, 3.63) is 71.8 Å². The van der Waals surface area contributed by atoms with Crippen LogP contribution in [-0.2, 0) is 20.4 Å². The third-order valence-electron chi connectivity index (χ3n) is 7.91. The van der Waals surface area contributed by atoms with Crippen molar-refractivity contribution < 1.29 is 37.0 Å². The maximum Gasteiger partial charge on any atom is 0.418 e. The lowest BCUT2D eigenvalue weighted by molar-refractivity contribution is -0.153. The maximum absolute atomic E-state index is 14.4. The molecule has 0 atom stereocenters. The molecule has 3 aromatic carbocycles. The highest BCUT2D eigenvalue weighted by molar-refractivity contribution is 5.90. The summed E-state index contributed by atoms with van der Waals surface area (Å²) in [4.78, 5) is 28.6. The number of rotatable bonds is 13. The zero-order valence-electron chi connectivity index (χ0n) is 27.9. The smallest absolute Gasteiger partial charge is 0.418 e. The van der Waals surface area contributed by atoms with Gasteiger partial charge in [0.1, 0.15) is 19.0 Å². The van der Waals surface area contributed by atoms with E-state index in [1.54, 1.807) is 74.2 Å². The van der Waals surface area contributed by atoms with E-state index in [4.69, 9.17) is 14.2 Å². The molecule has 0 spiro atoms. The molecule has 1 aliphatic rings. The summed E-state index contributed by atoms with van der Waals surface area (Å²) >= 11 is 0. The first kappa shape index (κ1) is 35.8. The zero-order chi connectivity index (χ0) is 34.2. The summed E-state index contributed by atoms with van der Waals surface area (Å²) in [7, 11) is 3.99. The van der Waals surface area contributed by atoms with Crippen molar-refractivity contribution in [3.63, 3.8) is 0 Å². The van der Waals surface area contributed by atoms with Gasteiger partial charge in [0.05, 0.1) is 23.1 Å². The minimum Gasteiger partial charge on any atom is -0.489 e. The van der Waals surface area contributed by atoms with Crippen LogP contribution in [0.25, 0.3) is 22.3 Å². The molecule has 0 aromatic heterocycles. The Morgan fingerprint density at radius 1 is 0.787 bits per heavy atom. The summed E-state index contributed by atoms with van der Waals surface area (Å²) < 4.78 is 59.8. The van der Waals surface area contributed by atoms with Gasteiger partial charge in [0.25, 0.3) is 0 Å². The van der Waals surface area contributed by atoms with Gasteiger partial charge in [-0.15, -0.1) is 0 Å². The lowest BCUT2D eigenvalue weighted by Gasteiger charge is -2.24. The van der Waals surface area contributed by atoms with Crippen LogP contribution in [-0.4, -0.2) is 70.4 Å². The second-order valence-electron chi connectivity index (χ2n) is 13.1. The number of nitrogens with zero attached hydrogens (tertiary/aromatic N) is 2. The molecule has 0 radical (unpaired) electrons. The van der Waals surface area contributed by atoms with Crippen LogP contribution >= 0.6 is 0 Å². The van der Waals surface area contributed by atoms with E-state index in [9.17, 15) is 22.8 Å². The summed E-state index contributed by atoms with van der Waals surface area (Å²) in [5, 5.41) is 0. The average molecular weight is 655 g/mol. The van der Waals surface area contributed by atoms with Crippen molar-refractivity contribution >= 4 is 17.6 Å². The lowest BCUT2D eigenvalue weighted by Crippen LogP contribution is -2.24. The fourth-order valence-corrected chi connectivity index (χ4v) is 5.30. The van der Waals surface area contributed by atoms with Crippen LogP contribution in [0.2, 0.25) is 0 Å². The van der Waals surface area contributed by atoms with Crippen molar-refractivity contribution in [2.24, 2.45) is 5.41 Å². The Morgan fingerprint density at radius 3 is 2.09 bits per heavy atom. The Morgan fingerprint density at radius 2 is 1.45 bits per heavy atom. The topological polar surface area (TPSA) is 68.3 Å². The van der Waals surface area contributed by atoms with E-state index in [2.05, 4.69) is 4.90 Å². The third kappa shape index (κ3) is 9.97. The molecule has 0 N–H and O–H groups in total. The van der Waals surface area contributed by atoms with E-state index < -0.39 is 23.1 Å². The number of hydrogen-bond acceptors (Lipinski definition) is 7. The van der Waals surface area contributed by atoms with Gasteiger partial charge in [-0.1, -0.05) is 24.3 Å². The van der Waals surface area contributed by atoms with Crippen LogP contribution in [0.4, 0.5) is 18.9 Å². The SMILES string of the molecule is CN(C)CCCCOC(=O)c1ccc(-c2ccc(OCCOC(=O)C(C)(C)C)c(-c3ccc(N4CCCC4)c(C(F)(F)F)c3)c2)cc1. The predicted octanol–water partition coefficient (Wildman–Crippen LogP) is 8.11. The lowest BCUT2D eigenvalue weighted by atomic mass is 9.95. The number of anilines is 1. The predicted molar refractivity (Wildman–Crippen MR) is 178 cm³/mol. The Hall–Kier alpha value is -4.05. The van der Waals surface area contributed by atoms with E-state index in [-0.39, 0.29) is 24.9 Å². The summed E-state index contributed by atoms with van der Waals surface area (Å²) in [6.07, 6.45) is -1.15. The first-order valence-electron chi connectivity index (χ1n) is 16.1. The molecule has 7 nitrogen and oxygen atoms in total. The first-order chi connectivity index (χ1) is 22.2. The van der Waals surface area contributed by atoms with Gasteiger partial charge in [-0.05, 0) is 120 Å². The number of ether oxygens (including phenoxy) is 3. The molecule has 0 unspecified atom stereocenters. The normalized spacial score (nSPS) is 13.6. The van der Waals surface area contributed by atoms with Crippen molar-refractivity contribution in [2.45, 2.75) is 52.6 Å². The molecule has 47 heavy (non-hydrogen) atoms. The number of hydrogen-bond donors (Lipinski definition) is 0. The van der Waals surface area contributed by atoms with Crippen LogP contribution in [0.1, 0.15) is 62.4 Å². The number of alkyl halides is 3. The molecule has 0 bridgehead atoms. The van der Waals surface area contributed by atoms with Gasteiger partial charge in [0.15, 0.2) is 0 Å². The molecule has 1 fully saturated rings. The monoisotopic (exact) mass is 654 g/mol. The van der Waals surface area contributed by atoms with E-state index >= 15 is 0 Å². The van der Waals surface area contributed by atoms with Crippen molar-refractivity contribution in [2.75, 3.05) is 58.5 Å². The second-order valence-corrected chi connectivity index (χ2v) is 13.1. The largest absolute Gasteiger partial charge is 0.489 e. The molecule has 0 saturated carbocycles. The fourth-order valence-electron chi connectivity index (χ4n) is 5.30. The van der Waals surface area contributed by atoms with Crippen LogP contribution in [0, 0.1) is 5.41 Å². The molecule has 1 heterocycles. The van der Waals surface area contributed by atoms with Crippen molar-refractivity contribution in [1.29, 1.82) is 0 Å². The van der Waals surface area contributed by atoms with Crippen LogP contribution in [0.3, 0.4) is 0 Å². The van der Waals surface area contributed by atoms with Crippen molar-refractivity contribution in [1.82, 2.24) is 4.90 Å². The van der Waals surface area contributed by atoms with Gasteiger partial charge in [-0.3, -0.25) is 4.79 Å². The average Bonchev–Trinajstić information content (AvgIpc) is 3.57. The Balaban J connectivity index is 1.60. The number of benzene rings is 3. The maximum atomic E-state index is 14.4. The van der Waals surface area contributed by atoms with Gasteiger partial charge >= 0.3 is 18.1 Å². The number of halogens is 3. The van der Waals surface area contributed by atoms with Crippen LogP contribution < -0.4 is 9.64 Å². The van der Waals surface area contributed by atoms with Gasteiger partial charge in [0.2, 0.25) is 0 Å². The summed E-state index contributed by atoms with van der Waals surface area (Å²) in [5.41, 5.74) is 1.53. The number of unbranched alkanes of at least 4 members (excludes halogenated alkanes) is 1. The van der Waals surface area contributed by atoms with Gasteiger partial charge in [0, 0.05) is 24.3 Å². The Bertz CT molecular complexity index is 1510. The van der Waals surface area contributed by atoms with Crippen LogP contribution in [0.15, 0.2) is 60.7 Å². The molecule has 1 aliphatic heterocycles. The highest BCUT2D eigenvalue weighted by atomic mass is 19.4. The number of esters is 2. The molecule has 0 aliphatic carbocycles. The molecule has 10 heteroatoms. The van der Waals surface area contributed by atoms with Gasteiger partial charge in [-0.2, -0.15) is 13.2 Å². The Kier molecular flexibility index (Phi) is 12.0. The van der Waals surface area contributed by atoms with Gasteiger partial charge in [-0.25, -0.2) is 4.79 Å². The molecular weight excluding hydrogens is 609 g/mol. The molecule has 3 aromatic rings. The van der Waals surface area contributed by atoms with E-state index in [1.165, 1.54) is 12.1 Å². The standard InChI is InChI=1S/C37H45F3N2O5/c1-36(2,3)35(44)47-23-22-45-33-17-15-28(26-10-12-27(13-11-26)34(43)46-21-9-8-18-41(4)5)24-30(33)29-14-16-32(42-19-6-7-20-42)31(25-29)37(38,39)40/h10-17,24-25H,6-9,18-23H2,1-5H3. The fraction of sp³-hybridized carbons (Fsp3) is 0.459.